The van der Waals surface area contributed by atoms with Crippen molar-refractivity contribution in [2.24, 2.45) is 0 Å². The molecule has 3 aromatic rings. The number of carbonyl (C=O) groups excluding carboxylic acids is 1. The standard InChI is InChI=1S/C24H29N4O8PS/c1-14(21(30)33-3)27-37(38,36-17-10-6-8-15-7-4-5-9-16(15)17)34-13-18-20(29)24(2,32)22(35-18)28-12-11-19(25)26-23(28)31/h4-12,14,18,20,22,29,32H,13H2,1-3H3,(H,27,38)(H2,25,26,31)/t14?,18-,20-,22-,24-,37?/m1/s1. The van der Waals surface area contributed by atoms with Crippen molar-refractivity contribution in [2.75, 3.05) is 19.5 Å². The van der Waals surface area contributed by atoms with Gasteiger partial charge in [0, 0.05) is 11.6 Å². The SMILES string of the molecule is COC(=O)C(C)NP(=S)(OC[C@H]1O[C@@H](n2ccc(N)nc2=O)[C@](C)(O)[C@@H]1O)Oc1cccc2ccccc12. The molecule has 204 valence electrons. The van der Waals surface area contributed by atoms with E-state index < -0.39 is 48.4 Å². The van der Waals surface area contributed by atoms with Gasteiger partial charge in [0.15, 0.2) is 6.23 Å². The van der Waals surface area contributed by atoms with Crippen molar-refractivity contribution in [1.82, 2.24) is 14.6 Å². The molecule has 1 saturated heterocycles. The van der Waals surface area contributed by atoms with Gasteiger partial charge in [-0.05, 0) is 43.2 Å². The van der Waals surface area contributed by atoms with Crippen LogP contribution in [0.5, 0.6) is 5.75 Å². The lowest BCUT2D eigenvalue weighted by atomic mass is 9.96. The van der Waals surface area contributed by atoms with Crippen LogP contribution in [0.3, 0.4) is 0 Å². The first-order chi connectivity index (χ1) is 17.9. The maximum Gasteiger partial charge on any atom is 0.351 e. The van der Waals surface area contributed by atoms with Crippen LogP contribution in [0.2, 0.25) is 0 Å². The van der Waals surface area contributed by atoms with Crippen LogP contribution in [-0.2, 0) is 30.6 Å². The van der Waals surface area contributed by atoms with E-state index in [-0.39, 0.29) is 12.4 Å². The molecule has 2 unspecified atom stereocenters. The smallest absolute Gasteiger partial charge is 0.351 e. The molecule has 1 fully saturated rings. The molecule has 1 aliphatic heterocycles. The Morgan fingerprint density at radius 1 is 1.32 bits per heavy atom. The monoisotopic (exact) mass is 564 g/mol. The van der Waals surface area contributed by atoms with Crippen LogP contribution in [0.4, 0.5) is 5.82 Å². The maximum atomic E-state index is 12.4. The second kappa shape index (κ2) is 11.1. The fraction of sp³-hybridized carbons (Fsp3) is 0.375. The van der Waals surface area contributed by atoms with E-state index in [2.05, 4.69) is 10.1 Å². The Labute approximate surface area is 223 Å². The summed E-state index contributed by atoms with van der Waals surface area (Å²) in [5.41, 5.74) is 2.90. The first-order valence-corrected chi connectivity index (χ1v) is 14.3. The van der Waals surface area contributed by atoms with Gasteiger partial charge in [0.25, 0.3) is 0 Å². The van der Waals surface area contributed by atoms with Crippen LogP contribution in [0.1, 0.15) is 20.1 Å². The van der Waals surface area contributed by atoms with Gasteiger partial charge in [0.05, 0.1) is 13.7 Å². The lowest BCUT2D eigenvalue weighted by Gasteiger charge is -2.28. The van der Waals surface area contributed by atoms with Gasteiger partial charge in [-0.1, -0.05) is 36.4 Å². The van der Waals surface area contributed by atoms with E-state index in [9.17, 15) is 19.8 Å². The molecule has 0 bridgehead atoms. The second-order valence-corrected chi connectivity index (χ2v) is 12.1. The number of esters is 1. The minimum Gasteiger partial charge on any atom is -0.468 e. The Kier molecular flexibility index (Phi) is 8.19. The zero-order valence-electron chi connectivity index (χ0n) is 20.9. The minimum absolute atomic E-state index is 0.00129. The number of aromatic nitrogens is 2. The number of aliphatic hydroxyl groups excluding tert-OH is 1. The zero-order valence-corrected chi connectivity index (χ0v) is 22.6. The number of nitrogen functional groups attached to an aromatic ring is 1. The fourth-order valence-electron chi connectivity index (χ4n) is 4.12. The number of hydrogen-bond donors (Lipinski definition) is 4. The van der Waals surface area contributed by atoms with Gasteiger partial charge in [-0.2, -0.15) is 4.98 Å². The van der Waals surface area contributed by atoms with E-state index >= 15 is 0 Å². The molecule has 1 aliphatic rings. The lowest BCUT2D eigenvalue weighted by molar-refractivity contribution is -0.142. The second-order valence-electron chi connectivity index (χ2n) is 8.98. The van der Waals surface area contributed by atoms with Gasteiger partial charge in [-0.25, -0.2) is 9.88 Å². The van der Waals surface area contributed by atoms with Gasteiger partial charge in [0.1, 0.15) is 35.4 Å². The van der Waals surface area contributed by atoms with Crippen molar-refractivity contribution in [3.63, 3.8) is 0 Å². The van der Waals surface area contributed by atoms with Crippen molar-refractivity contribution in [1.29, 1.82) is 0 Å². The highest BCUT2D eigenvalue weighted by Gasteiger charge is 2.54. The predicted molar refractivity (Wildman–Crippen MR) is 143 cm³/mol. The number of methoxy groups -OCH3 is 1. The van der Waals surface area contributed by atoms with Crippen LogP contribution < -0.4 is 21.0 Å². The molecular weight excluding hydrogens is 535 g/mol. The van der Waals surface area contributed by atoms with Crippen LogP contribution in [0.25, 0.3) is 10.8 Å². The van der Waals surface area contributed by atoms with E-state index in [4.69, 9.17) is 36.1 Å². The van der Waals surface area contributed by atoms with Crippen molar-refractivity contribution in [3.8, 4) is 5.75 Å². The van der Waals surface area contributed by atoms with Gasteiger partial charge in [-0.15, -0.1) is 0 Å². The van der Waals surface area contributed by atoms with E-state index in [1.54, 1.807) is 19.1 Å². The first-order valence-electron chi connectivity index (χ1n) is 11.6. The van der Waals surface area contributed by atoms with Crippen LogP contribution in [0, 0.1) is 0 Å². The molecule has 12 nitrogen and oxygen atoms in total. The number of nitrogens with zero attached hydrogens (tertiary/aromatic N) is 2. The molecule has 14 heteroatoms. The van der Waals surface area contributed by atoms with E-state index in [1.165, 1.54) is 26.3 Å². The Bertz CT molecular complexity index is 1430. The number of ether oxygens (including phenoxy) is 2. The number of carbonyl (C=O) groups is 1. The highest BCUT2D eigenvalue weighted by molar-refractivity contribution is 8.09. The summed E-state index contributed by atoms with van der Waals surface area (Å²) in [4.78, 5) is 28.1. The molecule has 2 heterocycles. The quantitative estimate of drug-likeness (QED) is 0.219. The summed E-state index contributed by atoms with van der Waals surface area (Å²) in [5.74, 6) is -0.158. The van der Waals surface area contributed by atoms with Crippen molar-refractivity contribution >= 4 is 41.0 Å². The largest absolute Gasteiger partial charge is 0.468 e. The highest BCUT2D eigenvalue weighted by Crippen LogP contribution is 2.48. The molecule has 0 aliphatic carbocycles. The number of rotatable bonds is 9. The molecule has 0 spiro atoms. The highest BCUT2D eigenvalue weighted by atomic mass is 32.5. The van der Waals surface area contributed by atoms with Gasteiger partial charge in [-0.3, -0.25) is 9.36 Å². The number of nitrogens with one attached hydrogen (secondary N) is 1. The Balaban J connectivity index is 1.59. The molecule has 6 atom stereocenters. The van der Waals surface area contributed by atoms with Crippen molar-refractivity contribution < 1.29 is 33.5 Å². The molecule has 0 radical (unpaired) electrons. The van der Waals surface area contributed by atoms with Crippen molar-refractivity contribution in [2.45, 2.75) is 43.9 Å². The van der Waals surface area contributed by atoms with Crippen LogP contribution in [0.15, 0.2) is 59.5 Å². The van der Waals surface area contributed by atoms with Crippen LogP contribution >= 0.6 is 6.64 Å². The molecule has 4 rings (SSSR count). The van der Waals surface area contributed by atoms with E-state index in [0.29, 0.717) is 5.75 Å². The third kappa shape index (κ3) is 5.74. The summed E-state index contributed by atoms with van der Waals surface area (Å²) in [5, 5.41) is 26.4. The predicted octanol–water partition coefficient (Wildman–Crippen LogP) is 1.46. The molecular formula is C24H29N4O8PS. The summed E-state index contributed by atoms with van der Waals surface area (Å²) in [6.45, 7) is -0.953. The Morgan fingerprint density at radius 2 is 2.03 bits per heavy atom. The molecule has 38 heavy (non-hydrogen) atoms. The lowest BCUT2D eigenvalue weighted by Crippen LogP contribution is -2.46. The summed E-state index contributed by atoms with van der Waals surface area (Å²) in [7, 11) is 1.25. The van der Waals surface area contributed by atoms with Crippen LogP contribution in [-0.4, -0.2) is 63.3 Å². The number of fused-ring (bicyclic) bond motifs is 1. The molecule has 0 amide bonds. The van der Waals surface area contributed by atoms with E-state index in [0.717, 1.165) is 15.3 Å². The van der Waals surface area contributed by atoms with Gasteiger partial charge in [0.2, 0.25) is 0 Å². The molecule has 5 N–H and O–H groups in total. The third-order valence-corrected chi connectivity index (χ3v) is 8.63. The summed E-state index contributed by atoms with van der Waals surface area (Å²) >= 11 is 5.75. The van der Waals surface area contributed by atoms with Crippen molar-refractivity contribution in [3.05, 3.63) is 65.2 Å². The van der Waals surface area contributed by atoms with Gasteiger partial charge < -0.3 is 34.5 Å². The third-order valence-electron chi connectivity index (χ3n) is 6.14. The normalized spacial score (nSPS) is 25.6. The number of benzene rings is 2. The summed E-state index contributed by atoms with van der Waals surface area (Å²) < 4.78 is 23.8. The maximum absolute atomic E-state index is 12.4. The Hall–Kier alpha value is -2.90. The van der Waals surface area contributed by atoms with E-state index in [1.807, 2.05) is 30.3 Å². The topological polar surface area (TPSA) is 167 Å². The van der Waals surface area contributed by atoms with Gasteiger partial charge >= 0.3 is 18.3 Å². The first kappa shape index (κ1) is 28.1. The average Bonchev–Trinajstić information content (AvgIpc) is 3.10. The minimum atomic E-state index is -3.49. The average molecular weight is 565 g/mol. The zero-order chi connectivity index (χ0) is 27.7. The summed E-state index contributed by atoms with van der Waals surface area (Å²) in [6, 6.07) is 13.4. The molecule has 1 aromatic heterocycles. The Morgan fingerprint density at radius 3 is 2.74 bits per heavy atom. The molecule has 0 saturated carbocycles. The molecule has 2 aromatic carbocycles. The fourth-order valence-corrected chi connectivity index (χ4v) is 6.53. The number of hydrogen-bond acceptors (Lipinski definition) is 11. The number of aliphatic hydroxyl groups is 2. The number of nitrogens with two attached hydrogens (primary N) is 1. The number of anilines is 1. The summed E-state index contributed by atoms with van der Waals surface area (Å²) in [6.07, 6.45) is -2.57.